The normalized spacial score (nSPS) is 11.1. The summed E-state index contributed by atoms with van der Waals surface area (Å²) < 4.78 is 0. The number of aryl methyl sites for hydroxylation is 1. The lowest BCUT2D eigenvalue weighted by molar-refractivity contribution is 0.412. The average molecular weight is 298 g/mol. The summed E-state index contributed by atoms with van der Waals surface area (Å²) in [4.78, 5) is 9.40. The highest BCUT2D eigenvalue weighted by Crippen LogP contribution is 2.18. The minimum atomic E-state index is 0.555. The van der Waals surface area contributed by atoms with Gasteiger partial charge in [-0.25, -0.2) is 4.98 Å². The van der Waals surface area contributed by atoms with E-state index in [4.69, 9.17) is 16.6 Å². The van der Waals surface area contributed by atoms with Gasteiger partial charge in [-0.05, 0) is 44.6 Å². The van der Waals surface area contributed by atoms with Gasteiger partial charge in [0.1, 0.15) is 5.82 Å². The largest absolute Gasteiger partial charge is 0.355 e. The zero-order valence-electron chi connectivity index (χ0n) is 13.3. The zero-order valence-corrected chi connectivity index (χ0v) is 14.1. The summed E-state index contributed by atoms with van der Waals surface area (Å²) in [5.41, 5.74) is 2.33. The van der Waals surface area contributed by atoms with Gasteiger partial charge in [0, 0.05) is 31.2 Å². The van der Waals surface area contributed by atoms with Gasteiger partial charge in [0.05, 0.1) is 0 Å². The minimum absolute atomic E-state index is 0.555. The van der Waals surface area contributed by atoms with Crippen molar-refractivity contribution < 1.29 is 0 Å². The van der Waals surface area contributed by atoms with Crippen LogP contribution in [0.2, 0.25) is 0 Å². The molecule has 1 rings (SSSR count). The van der Waals surface area contributed by atoms with Crippen LogP contribution in [0.4, 0.5) is 5.82 Å². The molecule has 0 aliphatic heterocycles. The van der Waals surface area contributed by atoms with E-state index in [1.54, 1.807) is 0 Å². The molecule has 0 unspecified atom stereocenters. The van der Waals surface area contributed by atoms with Gasteiger partial charge < -0.3 is 9.80 Å². The molecule has 0 amide bonds. The lowest BCUT2D eigenvalue weighted by atomic mass is 10.1. The fourth-order valence-corrected chi connectivity index (χ4v) is 2.34. The molecule has 3 nitrogen and oxygen atoms in total. The summed E-state index contributed by atoms with van der Waals surface area (Å²) in [6.45, 7) is 7.48. The lowest BCUT2D eigenvalue weighted by Crippen LogP contribution is -2.33. The Bertz CT molecular complexity index is 393. The van der Waals surface area contributed by atoms with Crippen LogP contribution in [0.1, 0.15) is 37.9 Å². The Labute approximate surface area is 128 Å². The SMILES string of the molecule is CCCc1cc(CCl)cc(N(CCC)CCN(C)C)n1. The van der Waals surface area contributed by atoms with Crippen molar-refractivity contribution in [2.24, 2.45) is 0 Å². The van der Waals surface area contributed by atoms with Gasteiger partial charge in [-0.15, -0.1) is 11.6 Å². The van der Waals surface area contributed by atoms with Crippen LogP contribution in [0.5, 0.6) is 0 Å². The first-order chi connectivity index (χ1) is 9.60. The maximum atomic E-state index is 6.03. The number of alkyl halides is 1. The molecule has 4 heteroatoms. The van der Waals surface area contributed by atoms with Crippen LogP contribution in [0.3, 0.4) is 0 Å². The highest BCUT2D eigenvalue weighted by atomic mass is 35.5. The Morgan fingerprint density at radius 3 is 2.35 bits per heavy atom. The molecule has 0 saturated carbocycles. The number of nitrogens with zero attached hydrogens (tertiary/aromatic N) is 3. The number of pyridine rings is 1. The second-order valence-corrected chi connectivity index (χ2v) is 5.77. The number of halogens is 1. The molecule has 0 saturated heterocycles. The van der Waals surface area contributed by atoms with Crippen molar-refractivity contribution in [3.05, 3.63) is 23.4 Å². The van der Waals surface area contributed by atoms with Crippen LogP contribution in [0, 0.1) is 0 Å². The summed E-state index contributed by atoms with van der Waals surface area (Å²) >= 11 is 6.03. The van der Waals surface area contributed by atoms with Crippen LogP contribution >= 0.6 is 11.6 Å². The summed E-state index contributed by atoms with van der Waals surface area (Å²) in [7, 11) is 4.21. The molecule has 0 aromatic carbocycles. The number of hydrogen-bond acceptors (Lipinski definition) is 3. The van der Waals surface area contributed by atoms with Gasteiger partial charge in [-0.2, -0.15) is 0 Å². The van der Waals surface area contributed by atoms with E-state index in [0.717, 1.165) is 50.4 Å². The van der Waals surface area contributed by atoms with E-state index in [-0.39, 0.29) is 0 Å². The van der Waals surface area contributed by atoms with E-state index in [9.17, 15) is 0 Å². The van der Waals surface area contributed by atoms with E-state index >= 15 is 0 Å². The topological polar surface area (TPSA) is 19.4 Å². The van der Waals surface area contributed by atoms with Crippen molar-refractivity contribution in [3.63, 3.8) is 0 Å². The number of rotatable bonds is 9. The molecule has 0 fully saturated rings. The molecule has 1 aromatic heterocycles. The van der Waals surface area contributed by atoms with Gasteiger partial charge in [-0.1, -0.05) is 20.3 Å². The first kappa shape index (κ1) is 17.3. The second-order valence-electron chi connectivity index (χ2n) is 5.50. The van der Waals surface area contributed by atoms with Crippen LogP contribution < -0.4 is 4.90 Å². The van der Waals surface area contributed by atoms with E-state index in [0.29, 0.717) is 5.88 Å². The Balaban J connectivity index is 2.94. The molecule has 0 bridgehead atoms. The van der Waals surface area contributed by atoms with Crippen molar-refractivity contribution in [2.75, 3.05) is 38.6 Å². The van der Waals surface area contributed by atoms with Crippen molar-refractivity contribution >= 4 is 17.4 Å². The second kappa shape index (κ2) is 9.19. The van der Waals surface area contributed by atoms with Crippen molar-refractivity contribution in [1.29, 1.82) is 0 Å². The summed E-state index contributed by atoms with van der Waals surface area (Å²) in [5, 5.41) is 0. The lowest BCUT2D eigenvalue weighted by Gasteiger charge is -2.26. The first-order valence-corrected chi connectivity index (χ1v) is 8.09. The third kappa shape index (κ3) is 5.68. The molecule has 0 spiro atoms. The molecule has 0 radical (unpaired) electrons. The van der Waals surface area contributed by atoms with Gasteiger partial charge in [0.2, 0.25) is 0 Å². The Kier molecular flexibility index (Phi) is 7.93. The van der Waals surface area contributed by atoms with Gasteiger partial charge in [-0.3, -0.25) is 0 Å². The molecule has 20 heavy (non-hydrogen) atoms. The molecule has 1 heterocycles. The fraction of sp³-hybridized carbons (Fsp3) is 0.688. The van der Waals surface area contributed by atoms with Crippen LogP contribution in [-0.2, 0) is 12.3 Å². The summed E-state index contributed by atoms with van der Waals surface area (Å²) in [5.74, 6) is 1.63. The zero-order chi connectivity index (χ0) is 15.0. The maximum Gasteiger partial charge on any atom is 0.129 e. The van der Waals surface area contributed by atoms with Crippen LogP contribution in [0.15, 0.2) is 12.1 Å². The van der Waals surface area contributed by atoms with E-state index in [1.165, 1.54) is 5.56 Å². The predicted octanol–water partition coefficient (Wildman–Crippen LogP) is 3.55. The quantitative estimate of drug-likeness (QED) is 0.650. The van der Waals surface area contributed by atoms with Gasteiger partial charge >= 0.3 is 0 Å². The van der Waals surface area contributed by atoms with E-state index in [1.807, 2.05) is 0 Å². The molecule has 1 aromatic rings. The standard InChI is InChI=1S/C16H28ClN3/c1-5-7-15-11-14(13-17)12-16(18-15)20(8-6-2)10-9-19(3)4/h11-12H,5-10,13H2,1-4H3. The highest BCUT2D eigenvalue weighted by molar-refractivity contribution is 6.17. The van der Waals surface area contributed by atoms with Crippen LogP contribution in [0.25, 0.3) is 0 Å². The van der Waals surface area contributed by atoms with E-state index in [2.05, 4.69) is 49.9 Å². The summed E-state index contributed by atoms with van der Waals surface area (Å²) in [6.07, 6.45) is 3.26. The van der Waals surface area contributed by atoms with Crippen LogP contribution in [-0.4, -0.2) is 43.6 Å². The predicted molar refractivity (Wildman–Crippen MR) is 88.8 cm³/mol. The molecular weight excluding hydrogens is 270 g/mol. The molecule has 0 N–H and O–H groups in total. The fourth-order valence-electron chi connectivity index (χ4n) is 2.19. The molecule has 0 aliphatic rings. The minimum Gasteiger partial charge on any atom is -0.355 e. The Morgan fingerprint density at radius 2 is 1.80 bits per heavy atom. The first-order valence-electron chi connectivity index (χ1n) is 7.56. The molecule has 114 valence electrons. The monoisotopic (exact) mass is 297 g/mol. The molecule has 0 atom stereocenters. The highest BCUT2D eigenvalue weighted by Gasteiger charge is 2.10. The Hall–Kier alpha value is -0.800. The average Bonchev–Trinajstić information content (AvgIpc) is 2.43. The Morgan fingerprint density at radius 1 is 1.05 bits per heavy atom. The third-order valence-electron chi connectivity index (χ3n) is 3.22. The van der Waals surface area contributed by atoms with Crippen molar-refractivity contribution in [2.45, 2.75) is 39.0 Å². The van der Waals surface area contributed by atoms with Crippen molar-refractivity contribution in [3.8, 4) is 0 Å². The van der Waals surface area contributed by atoms with Gasteiger partial charge in [0.25, 0.3) is 0 Å². The molecule has 0 aliphatic carbocycles. The smallest absolute Gasteiger partial charge is 0.129 e. The van der Waals surface area contributed by atoms with Gasteiger partial charge in [0.15, 0.2) is 0 Å². The summed E-state index contributed by atoms with van der Waals surface area (Å²) in [6, 6.07) is 4.27. The van der Waals surface area contributed by atoms with Crippen molar-refractivity contribution in [1.82, 2.24) is 9.88 Å². The maximum absolute atomic E-state index is 6.03. The third-order valence-corrected chi connectivity index (χ3v) is 3.53. The number of likely N-dealkylation sites (N-methyl/N-ethyl adjacent to an activating group) is 1. The number of anilines is 1. The number of aromatic nitrogens is 1. The van der Waals surface area contributed by atoms with E-state index < -0.39 is 0 Å². The molecular formula is C16H28ClN3. The number of hydrogen-bond donors (Lipinski definition) is 0.